The van der Waals surface area contributed by atoms with E-state index in [0.29, 0.717) is 30.7 Å². The number of amides is 1. The Morgan fingerprint density at radius 1 is 0.902 bits per heavy atom. The predicted octanol–water partition coefficient (Wildman–Crippen LogP) is 3.48. The van der Waals surface area contributed by atoms with Gasteiger partial charge in [-0.3, -0.25) is 14.6 Å². The van der Waals surface area contributed by atoms with Gasteiger partial charge in [-0.15, -0.1) is 0 Å². The summed E-state index contributed by atoms with van der Waals surface area (Å²) in [6.07, 6.45) is 8.76. The normalized spacial score (nSPS) is 21.8. The molecule has 0 saturated carbocycles. The minimum atomic E-state index is -3.14. The molecule has 10 heteroatoms. The van der Waals surface area contributed by atoms with Crippen LogP contribution in [0.25, 0.3) is 0 Å². The Morgan fingerprint density at radius 2 is 1.44 bits per heavy atom. The van der Waals surface area contributed by atoms with Crippen molar-refractivity contribution in [3.63, 3.8) is 0 Å². The van der Waals surface area contributed by atoms with Crippen LogP contribution in [0.1, 0.15) is 72.8 Å². The third kappa shape index (κ3) is 6.82. The van der Waals surface area contributed by atoms with Gasteiger partial charge in [0, 0.05) is 63.4 Å². The average Bonchev–Trinajstić information content (AvgIpc) is 2.96. The zero-order valence-electron chi connectivity index (χ0n) is 25.1. The van der Waals surface area contributed by atoms with E-state index in [0.717, 1.165) is 82.6 Å². The zero-order chi connectivity index (χ0) is 29.2. The molecule has 0 N–H and O–H groups in total. The summed E-state index contributed by atoms with van der Waals surface area (Å²) in [4.78, 5) is 29.2. The van der Waals surface area contributed by atoms with Crippen LogP contribution in [0, 0.1) is 13.8 Å². The summed E-state index contributed by atoms with van der Waals surface area (Å²) < 4.78 is 25.9. The van der Waals surface area contributed by atoms with Gasteiger partial charge in [0.05, 0.1) is 23.2 Å². The van der Waals surface area contributed by atoms with Crippen LogP contribution in [0.15, 0.2) is 36.7 Å². The zero-order valence-corrected chi connectivity index (χ0v) is 25.9. The molecule has 41 heavy (non-hydrogen) atoms. The molecular weight excluding hydrogens is 536 g/mol. The van der Waals surface area contributed by atoms with Gasteiger partial charge in [-0.1, -0.05) is 30.3 Å². The first kappa shape index (κ1) is 30.1. The van der Waals surface area contributed by atoms with Gasteiger partial charge in [-0.05, 0) is 64.9 Å². The Morgan fingerprint density at radius 3 is 1.98 bits per heavy atom. The molecule has 0 spiro atoms. The number of sulfonamides is 1. The summed E-state index contributed by atoms with van der Waals surface area (Å²) in [6, 6.07) is 11.6. The second-order valence-electron chi connectivity index (χ2n) is 12.5. The van der Waals surface area contributed by atoms with Crippen molar-refractivity contribution in [1.29, 1.82) is 0 Å². The third-order valence-electron chi connectivity index (χ3n) is 9.83. The molecule has 224 valence electrons. The molecule has 0 atom stereocenters. The van der Waals surface area contributed by atoms with Gasteiger partial charge in [-0.2, -0.15) is 0 Å². The van der Waals surface area contributed by atoms with Gasteiger partial charge in [0.25, 0.3) is 5.91 Å². The van der Waals surface area contributed by atoms with Crippen LogP contribution in [0.3, 0.4) is 0 Å². The average molecular weight is 583 g/mol. The molecule has 3 aliphatic heterocycles. The Hall–Kier alpha value is -2.40. The minimum absolute atomic E-state index is 0.0554. The number of rotatable bonds is 7. The lowest BCUT2D eigenvalue weighted by Crippen LogP contribution is -2.59. The topological polar surface area (TPSA) is 90.0 Å². The van der Waals surface area contributed by atoms with E-state index in [1.165, 1.54) is 18.1 Å². The maximum atomic E-state index is 13.3. The van der Waals surface area contributed by atoms with Crippen LogP contribution >= 0.6 is 0 Å². The standard InChI is InChI=1S/C31H46N6O3S/c1-24-29(25(2)33-23-32-24)30(38)34-20-14-31(3,15-21-34)35-16-10-27(11-17-35)37(22-26-8-6-5-7-9-26)28-12-18-36(19-13-28)41(4,39)40/h5-9,23,27-28H,10-22H2,1-4H3. The number of hydrogen-bond acceptors (Lipinski definition) is 7. The number of piperidine rings is 3. The second kappa shape index (κ2) is 12.5. The molecule has 5 rings (SSSR count). The highest BCUT2D eigenvalue weighted by molar-refractivity contribution is 7.88. The van der Waals surface area contributed by atoms with Crippen molar-refractivity contribution in [1.82, 2.24) is 29.0 Å². The molecule has 2 aromatic rings. The van der Waals surface area contributed by atoms with Crippen LogP contribution in [0.2, 0.25) is 0 Å². The number of hydrogen-bond donors (Lipinski definition) is 0. The second-order valence-corrected chi connectivity index (χ2v) is 14.5. The summed E-state index contributed by atoms with van der Waals surface area (Å²) in [5.41, 5.74) is 3.56. The fourth-order valence-electron chi connectivity index (χ4n) is 7.16. The van der Waals surface area contributed by atoms with Crippen molar-refractivity contribution in [2.75, 3.05) is 45.5 Å². The van der Waals surface area contributed by atoms with Crippen LogP contribution in [0.5, 0.6) is 0 Å². The molecule has 3 aliphatic rings. The first-order chi connectivity index (χ1) is 19.5. The van der Waals surface area contributed by atoms with Crippen molar-refractivity contribution >= 4 is 15.9 Å². The molecule has 0 aliphatic carbocycles. The molecule has 4 heterocycles. The predicted molar refractivity (Wildman–Crippen MR) is 161 cm³/mol. The number of likely N-dealkylation sites (tertiary alicyclic amines) is 2. The first-order valence-electron chi connectivity index (χ1n) is 15.1. The van der Waals surface area contributed by atoms with Crippen molar-refractivity contribution in [3.05, 3.63) is 59.2 Å². The first-order valence-corrected chi connectivity index (χ1v) is 17.0. The summed E-state index contributed by atoms with van der Waals surface area (Å²) in [6.45, 7) is 11.9. The third-order valence-corrected chi connectivity index (χ3v) is 11.1. The fourth-order valence-corrected chi connectivity index (χ4v) is 8.04. The van der Waals surface area contributed by atoms with Crippen LogP contribution in [-0.2, 0) is 16.6 Å². The molecule has 3 fully saturated rings. The summed E-state index contributed by atoms with van der Waals surface area (Å²) >= 11 is 0. The smallest absolute Gasteiger partial charge is 0.257 e. The summed E-state index contributed by atoms with van der Waals surface area (Å²) in [5, 5.41) is 0. The lowest BCUT2D eigenvalue weighted by atomic mass is 9.84. The maximum absolute atomic E-state index is 13.3. The lowest BCUT2D eigenvalue weighted by Gasteiger charge is -2.51. The van der Waals surface area contributed by atoms with Crippen LogP contribution in [0.4, 0.5) is 0 Å². The quantitative estimate of drug-likeness (QED) is 0.494. The SMILES string of the molecule is Cc1ncnc(C)c1C(=O)N1CCC(C)(N2CCC(N(Cc3ccccc3)C3CCN(S(C)(=O)=O)CC3)CC2)CC1. The summed E-state index contributed by atoms with van der Waals surface area (Å²) in [5.74, 6) is 0.0554. The van der Waals surface area contributed by atoms with E-state index in [4.69, 9.17) is 0 Å². The molecule has 0 radical (unpaired) electrons. The summed E-state index contributed by atoms with van der Waals surface area (Å²) in [7, 11) is -3.14. The van der Waals surface area contributed by atoms with E-state index < -0.39 is 10.0 Å². The van der Waals surface area contributed by atoms with Crippen LogP contribution < -0.4 is 0 Å². The van der Waals surface area contributed by atoms with Gasteiger partial charge >= 0.3 is 0 Å². The number of carbonyl (C=O) groups excluding carboxylic acids is 1. The van der Waals surface area contributed by atoms with Crippen molar-refractivity contribution in [2.24, 2.45) is 0 Å². The maximum Gasteiger partial charge on any atom is 0.257 e. The van der Waals surface area contributed by atoms with Gasteiger partial charge in [0.1, 0.15) is 6.33 Å². The number of nitrogens with zero attached hydrogens (tertiary/aromatic N) is 6. The van der Waals surface area contributed by atoms with Crippen molar-refractivity contribution < 1.29 is 13.2 Å². The van der Waals surface area contributed by atoms with E-state index in [9.17, 15) is 13.2 Å². The monoisotopic (exact) mass is 582 g/mol. The molecule has 1 amide bonds. The van der Waals surface area contributed by atoms with E-state index in [2.05, 4.69) is 57.0 Å². The van der Waals surface area contributed by atoms with Crippen LogP contribution in [-0.4, -0.2) is 106 Å². The fraction of sp³-hybridized carbons (Fsp3) is 0.645. The Bertz CT molecular complexity index is 1280. The highest BCUT2D eigenvalue weighted by Gasteiger charge is 2.41. The number of benzene rings is 1. The lowest BCUT2D eigenvalue weighted by molar-refractivity contribution is -0.0118. The highest BCUT2D eigenvalue weighted by Crippen LogP contribution is 2.34. The van der Waals surface area contributed by atoms with E-state index in [1.807, 2.05) is 18.7 Å². The molecule has 0 bridgehead atoms. The van der Waals surface area contributed by atoms with Crippen molar-refractivity contribution in [2.45, 2.75) is 83.5 Å². The van der Waals surface area contributed by atoms with E-state index in [-0.39, 0.29) is 11.4 Å². The molecular formula is C31H46N6O3S. The molecule has 1 aromatic heterocycles. The Labute approximate surface area is 246 Å². The molecule has 9 nitrogen and oxygen atoms in total. The number of carbonyl (C=O) groups is 1. The Kier molecular flexibility index (Phi) is 9.13. The van der Waals surface area contributed by atoms with Gasteiger partial charge in [0.15, 0.2) is 0 Å². The molecule has 1 aromatic carbocycles. The van der Waals surface area contributed by atoms with E-state index in [1.54, 1.807) is 4.31 Å². The largest absolute Gasteiger partial charge is 0.338 e. The minimum Gasteiger partial charge on any atom is -0.338 e. The van der Waals surface area contributed by atoms with Gasteiger partial charge < -0.3 is 4.90 Å². The van der Waals surface area contributed by atoms with Gasteiger partial charge in [0.2, 0.25) is 10.0 Å². The number of aryl methyl sites for hydroxylation is 2. The molecule has 0 unspecified atom stereocenters. The van der Waals surface area contributed by atoms with E-state index >= 15 is 0 Å². The highest BCUT2D eigenvalue weighted by atomic mass is 32.2. The number of aromatic nitrogens is 2. The molecule has 3 saturated heterocycles. The van der Waals surface area contributed by atoms with Gasteiger partial charge in [-0.25, -0.2) is 22.7 Å². The van der Waals surface area contributed by atoms with Crippen molar-refractivity contribution in [3.8, 4) is 0 Å². The Balaban J connectivity index is 1.20.